The summed E-state index contributed by atoms with van der Waals surface area (Å²) in [6, 6.07) is 7.10. The average Bonchev–Trinajstić information content (AvgIpc) is 3.22. The number of amides is 1. The maximum atomic E-state index is 12.8. The lowest BCUT2D eigenvalue weighted by Gasteiger charge is -2.26. The molecule has 3 rings (SSSR count). The van der Waals surface area contributed by atoms with Crippen molar-refractivity contribution in [1.29, 1.82) is 0 Å². The molecular weight excluding hydrogens is 511 g/mol. The first-order valence-corrected chi connectivity index (χ1v) is 12.1. The first-order valence-electron chi connectivity index (χ1n) is 11.7. The van der Waals surface area contributed by atoms with E-state index in [1.807, 2.05) is 24.3 Å². The van der Waals surface area contributed by atoms with E-state index < -0.39 is 35.7 Å². The van der Waals surface area contributed by atoms with E-state index in [0.29, 0.717) is 24.4 Å². The fraction of sp³-hybridized carbons (Fsp3) is 0.423. The van der Waals surface area contributed by atoms with Crippen LogP contribution in [0.5, 0.6) is 0 Å². The maximum absolute atomic E-state index is 12.8. The number of ether oxygens (including phenoxy) is 1. The highest BCUT2D eigenvalue weighted by atomic mass is 35.5. The molecule has 200 valence electrons. The summed E-state index contributed by atoms with van der Waals surface area (Å²) in [6.45, 7) is 2.20. The zero-order valence-electron chi connectivity index (χ0n) is 20.6. The third kappa shape index (κ3) is 7.53. The van der Waals surface area contributed by atoms with Crippen molar-refractivity contribution in [3.8, 4) is 11.3 Å². The van der Waals surface area contributed by atoms with E-state index in [-0.39, 0.29) is 18.0 Å². The van der Waals surface area contributed by atoms with Crippen LogP contribution in [0.3, 0.4) is 0 Å². The van der Waals surface area contributed by atoms with E-state index in [9.17, 15) is 27.9 Å². The zero-order valence-corrected chi connectivity index (χ0v) is 21.4. The third-order valence-electron chi connectivity index (χ3n) is 5.94. The quantitative estimate of drug-likeness (QED) is 0.350. The van der Waals surface area contributed by atoms with Crippen LogP contribution in [0.4, 0.5) is 13.2 Å². The molecule has 0 bridgehead atoms. The van der Waals surface area contributed by atoms with Gasteiger partial charge in [-0.05, 0) is 25.3 Å². The Bertz CT molecular complexity index is 1170. The van der Waals surface area contributed by atoms with Gasteiger partial charge in [0.25, 0.3) is 5.91 Å². The van der Waals surface area contributed by atoms with Crippen LogP contribution in [0.1, 0.15) is 36.5 Å². The first kappa shape index (κ1) is 28.6. The van der Waals surface area contributed by atoms with Crippen LogP contribution in [-0.2, 0) is 23.0 Å². The summed E-state index contributed by atoms with van der Waals surface area (Å²) in [6.07, 6.45) is -0.953. The summed E-state index contributed by atoms with van der Waals surface area (Å²) in [5.74, 6) is -0.220. The second kappa shape index (κ2) is 12.1. The Morgan fingerprint density at radius 2 is 1.95 bits per heavy atom. The number of aliphatic hydroxyl groups excluding tert-OH is 1. The summed E-state index contributed by atoms with van der Waals surface area (Å²) in [5, 5.41) is 11.4. The van der Waals surface area contributed by atoms with E-state index in [4.69, 9.17) is 16.3 Å². The molecule has 1 aliphatic rings. The molecule has 0 aliphatic heterocycles. The van der Waals surface area contributed by atoms with E-state index >= 15 is 0 Å². The maximum Gasteiger partial charge on any atom is 0.414 e. The van der Waals surface area contributed by atoms with Crippen molar-refractivity contribution in [3.05, 3.63) is 65.7 Å². The molecule has 37 heavy (non-hydrogen) atoms. The number of aryl methyl sites for hydroxylation is 1. The van der Waals surface area contributed by atoms with Crippen LogP contribution in [0, 0.1) is 0 Å². The molecule has 0 fully saturated rings. The first-order chi connectivity index (χ1) is 17.4. The molecule has 0 saturated carbocycles. The van der Waals surface area contributed by atoms with Gasteiger partial charge in [-0.25, -0.2) is 4.98 Å². The Morgan fingerprint density at radius 1 is 1.27 bits per heavy atom. The van der Waals surface area contributed by atoms with E-state index in [1.165, 1.54) is 25.2 Å². The van der Waals surface area contributed by atoms with Crippen molar-refractivity contribution in [3.63, 3.8) is 0 Å². The summed E-state index contributed by atoms with van der Waals surface area (Å²) >= 11 is 6.17. The summed E-state index contributed by atoms with van der Waals surface area (Å²) in [7, 11) is 1.75. The fourth-order valence-electron chi connectivity index (χ4n) is 3.89. The summed E-state index contributed by atoms with van der Waals surface area (Å²) < 4.78 is 45.0. The van der Waals surface area contributed by atoms with Crippen molar-refractivity contribution in [2.75, 3.05) is 6.61 Å². The van der Waals surface area contributed by atoms with Crippen molar-refractivity contribution < 1.29 is 32.6 Å². The Hall–Kier alpha value is -2.95. The Morgan fingerprint density at radius 3 is 2.49 bits per heavy atom. The second-order valence-corrected chi connectivity index (χ2v) is 9.41. The number of ketones is 1. The van der Waals surface area contributed by atoms with Gasteiger partial charge in [0.05, 0.1) is 17.2 Å². The van der Waals surface area contributed by atoms with Gasteiger partial charge in [0.15, 0.2) is 17.7 Å². The minimum absolute atomic E-state index is 0.129. The number of hydrogen-bond donors (Lipinski definition) is 2. The molecule has 11 heteroatoms. The molecule has 1 aromatic heterocycles. The van der Waals surface area contributed by atoms with Crippen molar-refractivity contribution in [2.24, 2.45) is 7.05 Å². The molecule has 1 aliphatic carbocycles. The molecule has 4 atom stereocenters. The number of aliphatic hydroxyl groups is 1. The molecule has 0 spiro atoms. The van der Waals surface area contributed by atoms with E-state index in [0.717, 1.165) is 18.1 Å². The molecule has 2 N–H and O–H groups in total. The normalized spacial score (nSPS) is 19.3. The molecule has 3 unspecified atom stereocenters. The van der Waals surface area contributed by atoms with Gasteiger partial charge in [-0.15, -0.1) is 11.6 Å². The molecule has 1 heterocycles. The molecule has 2 aromatic rings. The van der Waals surface area contributed by atoms with Gasteiger partial charge in [-0.1, -0.05) is 42.5 Å². The average molecular weight is 540 g/mol. The van der Waals surface area contributed by atoms with Gasteiger partial charge in [-0.3, -0.25) is 9.59 Å². The minimum atomic E-state index is -4.52. The SMILES string of the molecule is CC(=O)c1nc(-c2ccc(C[C@@H](CCO)NC(=O)C3=CC(Cl)C(OC(C)C(F)(F)F)C=C3)cc2)cn1C. The number of alkyl halides is 4. The third-order valence-corrected chi connectivity index (χ3v) is 6.31. The highest BCUT2D eigenvalue weighted by Crippen LogP contribution is 2.28. The van der Waals surface area contributed by atoms with Crippen LogP contribution < -0.4 is 5.32 Å². The van der Waals surface area contributed by atoms with Crippen molar-refractivity contribution >= 4 is 23.3 Å². The monoisotopic (exact) mass is 539 g/mol. The molecule has 1 aromatic carbocycles. The minimum Gasteiger partial charge on any atom is -0.396 e. The number of Topliss-reactive ketones (excluding diaryl/α,β-unsaturated/α-hetero) is 1. The number of benzene rings is 1. The van der Waals surface area contributed by atoms with Gasteiger partial charge < -0.3 is 19.7 Å². The van der Waals surface area contributed by atoms with Crippen molar-refractivity contribution in [2.45, 2.75) is 56.5 Å². The molecule has 0 saturated heterocycles. The van der Waals surface area contributed by atoms with Gasteiger partial charge in [0.2, 0.25) is 0 Å². The molecule has 7 nitrogen and oxygen atoms in total. The number of nitrogens with zero attached hydrogens (tertiary/aromatic N) is 2. The Balaban J connectivity index is 1.63. The summed E-state index contributed by atoms with van der Waals surface area (Å²) in [5.41, 5.74) is 2.60. The topological polar surface area (TPSA) is 93.4 Å². The smallest absolute Gasteiger partial charge is 0.396 e. The number of carbonyl (C=O) groups is 2. The van der Waals surface area contributed by atoms with E-state index in [1.54, 1.807) is 17.8 Å². The predicted molar refractivity (Wildman–Crippen MR) is 133 cm³/mol. The number of hydrogen-bond acceptors (Lipinski definition) is 5. The van der Waals surface area contributed by atoms with Crippen LogP contribution >= 0.6 is 11.6 Å². The lowest BCUT2D eigenvalue weighted by Crippen LogP contribution is -2.39. The number of rotatable bonds is 10. The fourth-order valence-corrected chi connectivity index (χ4v) is 4.17. The van der Waals surface area contributed by atoms with Crippen LogP contribution in [0.15, 0.2) is 54.3 Å². The lowest BCUT2D eigenvalue weighted by atomic mass is 9.99. The van der Waals surface area contributed by atoms with Crippen molar-refractivity contribution in [1.82, 2.24) is 14.9 Å². The lowest BCUT2D eigenvalue weighted by molar-refractivity contribution is -0.221. The molecule has 0 radical (unpaired) electrons. The number of aromatic nitrogens is 2. The predicted octanol–water partition coefficient (Wildman–Crippen LogP) is 4.14. The van der Waals surface area contributed by atoms with Gasteiger partial charge in [-0.2, -0.15) is 13.2 Å². The second-order valence-electron chi connectivity index (χ2n) is 8.91. The number of imidazole rings is 1. The van der Waals surface area contributed by atoms with Gasteiger partial charge in [0, 0.05) is 44.0 Å². The number of carbonyl (C=O) groups excluding carboxylic acids is 2. The number of halogens is 4. The van der Waals surface area contributed by atoms with Crippen LogP contribution in [0.25, 0.3) is 11.3 Å². The van der Waals surface area contributed by atoms with Gasteiger partial charge in [0.1, 0.15) is 0 Å². The van der Waals surface area contributed by atoms with Crippen LogP contribution in [0.2, 0.25) is 0 Å². The number of nitrogens with one attached hydrogen (secondary N) is 1. The van der Waals surface area contributed by atoms with Crippen LogP contribution in [-0.4, -0.2) is 62.8 Å². The highest BCUT2D eigenvalue weighted by molar-refractivity contribution is 6.23. The molecule has 1 amide bonds. The standard InChI is InChI=1S/C26H29ClF3N3O4/c1-15(35)24-32-22(14-33(24)3)18-6-4-17(5-7-18)12-20(10-11-34)31-25(36)19-8-9-23(21(27)13-19)37-16(2)26(28,29)30/h4-9,13-14,16,20-21,23,34H,10-12H2,1-3H3,(H,31,36)/t16?,20-,21?,23?/m1/s1. The largest absolute Gasteiger partial charge is 0.414 e. The highest BCUT2D eigenvalue weighted by Gasteiger charge is 2.39. The zero-order chi connectivity index (χ0) is 27.3. The van der Waals surface area contributed by atoms with Gasteiger partial charge >= 0.3 is 6.18 Å². The molecular formula is C26H29ClF3N3O4. The van der Waals surface area contributed by atoms with E-state index in [2.05, 4.69) is 10.3 Å². The Kier molecular flexibility index (Phi) is 9.33. The summed E-state index contributed by atoms with van der Waals surface area (Å²) in [4.78, 5) is 28.8. The Labute approximate surface area is 218 Å².